The number of nitrogens with zero attached hydrogens (tertiary/aromatic N) is 3. The number of aryl methyl sites for hydroxylation is 1. The summed E-state index contributed by atoms with van der Waals surface area (Å²) in [7, 11) is 0. The molecular formula is C20H19F3N4O. The quantitative estimate of drug-likeness (QED) is 0.813. The van der Waals surface area contributed by atoms with Crippen LogP contribution in [0.15, 0.2) is 42.5 Å². The summed E-state index contributed by atoms with van der Waals surface area (Å²) >= 11 is 0. The molecule has 1 amide bonds. The summed E-state index contributed by atoms with van der Waals surface area (Å²) in [4.78, 5) is 16.1. The van der Waals surface area contributed by atoms with Crippen LogP contribution < -0.4 is 5.32 Å². The molecule has 0 fully saturated rings. The maximum absolute atomic E-state index is 14.4. The molecule has 0 saturated heterocycles. The van der Waals surface area contributed by atoms with E-state index in [1.165, 1.54) is 12.3 Å². The number of pyridine rings is 1. The Morgan fingerprint density at radius 1 is 1.32 bits per heavy atom. The number of carbonyl (C=O) groups is 1. The predicted octanol–water partition coefficient (Wildman–Crippen LogP) is 3.84. The van der Waals surface area contributed by atoms with Crippen molar-refractivity contribution in [2.45, 2.75) is 32.5 Å². The highest BCUT2D eigenvalue weighted by Crippen LogP contribution is 2.36. The van der Waals surface area contributed by atoms with Gasteiger partial charge in [0.2, 0.25) is 11.9 Å². The number of allylic oxidation sites excluding steroid dienone is 4. The van der Waals surface area contributed by atoms with Crippen LogP contribution in [0.2, 0.25) is 0 Å². The zero-order valence-corrected chi connectivity index (χ0v) is 15.2. The molecule has 0 saturated carbocycles. The molecule has 1 aliphatic heterocycles. The Morgan fingerprint density at radius 2 is 2.14 bits per heavy atom. The second-order valence-corrected chi connectivity index (χ2v) is 7.17. The molecule has 0 radical (unpaired) electrons. The van der Waals surface area contributed by atoms with Gasteiger partial charge in [-0.25, -0.2) is 13.8 Å². The molecule has 0 bridgehead atoms. The average molecular weight is 388 g/mol. The third kappa shape index (κ3) is 3.46. The minimum absolute atomic E-state index is 0.241. The fourth-order valence-electron chi connectivity index (χ4n) is 3.64. The Hall–Kier alpha value is -2.90. The van der Waals surface area contributed by atoms with Crippen LogP contribution in [0, 0.1) is 17.8 Å². The van der Waals surface area contributed by atoms with Gasteiger partial charge in [0.25, 0.3) is 0 Å². The van der Waals surface area contributed by atoms with Gasteiger partial charge in [0, 0.05) is 59.6 Å². The first-order chi connectivity index (χ1) is 13.4. The molecule has 2 aromatic rings. The zero-order chi connectivity index (χ0) is 19.8. The number of amides is 1. The summed E-state index contributed by atoms with van der Waals surface area (Å²) < 4.78 is 43.1. The number of anilines is 1. The van der Waals surface area contributed by atoms with Gasteiger partial charge in [-0.1, -0.05) is 13.0 Å². The normalized spacial score (nSPS) is 24.2. The van der Waals surface area contributed by atoms with Gasteiger partial charge in [-0.2, -0.15) is 9.49 Å². The number of alkyl halides is 1. The molecule has 1 aliphatic carbocycles. The summed E-state index contributed by atoms with van der Waals surface area (Å²) in [5.41, 5.74) is 1.98. The molecule has 2 aliphatic rings. The summed E-state index contributed by atoms with van der Waals surface area (Å²) in [6.45, 7) is 2.20. The SMILES string of the molecule is CC1C=C(c2cnn3c2CC(C(=O)Nc2ccnc(F)c2)CC3)C(F)=CC1F. The lowest BCUT2D eigenvalue weighted by molar-refractivity contribution is -0.120. The average Bonchev–Trinajstić information content (AvgIpc) is 3.07. The summed E-state index contributed by atoms with van der Waals surface area (Å²) in [5, 5.41) is 7.00. The number of halogens is 3. The molecule has 8 heteroatoms. The predicted molar refractivity (Wildman–Crippen MR) is 98.1 cm³/mol. The topological polar surface area (TPSA) is 59.8 Å². The summed E-state index contributed by atoms with van der Waals surface area (Å²) in [5.74, 6) is -2.32. The standard InChI is InChI=1S/C20H19F3N4O/c1-11-6-14(17(22)9-16(11)21)15-10-25-27-5-3-12(7-18(15)27)20(28)26-13-2-4-24-19(23)8-13/h2,4,6,8-12,16H,3,5,7H2,1H3,(H,24,26,28). The van der Waals surface area contributed by atoms with Crippen molar-refractivity contribution in [1.82, 2.24) is 14.8 Å². The monoisotopic (exact) mass is 388 g/mol. The molecule has 0 spiro atoms. The van der Waals surface area contributed by atoms with Crippen molar-refractivity contribution in [2.75, 3.05) is 5.32 Å². The number of hydrogen-bond acceptors (Lipinski definition) is 3. The highest BCUT2D eigenvalue weighted by molar-refractivity contribution is 5.93. The fourth-order valence-corrected chi connectivity index (χ4v) is 3.64. The molecule has 28 heavy (non-hydrogen) atoms. The minimum Gasteiger partial charge on any atom is -0.326 e. The first-order valence-corrected chi connectivity index (χ1v) is 9.13. The maximum Gasteiger partial charge on any atom is 0.227 e. The minimum atomic E-state index is -1.35. The van der Waals surface area contributed by atoms with Gasteiger partial charge in [-0.05, 0) is 18.6 Å². The number of hydrogen-bond donors (Lipinski definition) is 1. The summed E-state index contributed by atoms with van der Waals surface area (Å²) in [6, 6.07) is 2.67. The molecule has 5 nitrogen and oxygen atoms in total. The lowest BCUT2D eigenvalue weighted by Gasteiger charge is -2.25. The van der Waals surface area contributed by atoms with Crippen molar-refractivity contribution >= 4 is 17.2 Å². The molecule has 3 unspecified atom stereocenters. The van der Waals surface area contributed by atoms with Gasteiger partial charge in [-0.15, -0.1) is 0 Å². The number of aromatic nitrogens is 3. The maximum atomic E-state index is 14.4. The highest BCUT2D eigenvalue weighted by atomic mass is 19.1. The Morgan fingerprint density at radius 3 is 2.93 bits per heavy atom. The van der Waals surface area contributed by atoms with Gasteiger partial charge in [0.1, 0.15) is 12.0 Å². The van der Waals surface area contributed by atoms with Crippen LogP contribution in [0.1, 0.15) is 24.6 Å². The van der Waals surface area contributed by atoms with Gasteiger partial charge >= 0.3 is 0 Å². The molecule has 2 aromatic heterocycles. The van der Waals surface area contributed by atoms with E-state index < -0.39 is 23.9 Å². The molecule has 3 heterocycles. The van der Waals surface area contributed by atoms with E-state index in [-0.39, 0.29) is 11.8 Å². The van der Waals surface area contributed by atoms with Crippen LogP contribution in [0.3, 0.4) is 0 Å². The lowest BCUT2D eigenvalue weighted by atomic mass is 9.88. The smallest absolute Gasteiger partial charge is 0.227 e. The first kappa shape index (κ1) is 18.5. The van der Waals surface area contributed by atoms with Crippen molar-refractivity contribution in [2.24, 2.45) is 11.8 Å². The van der Waals surface area contributed by atoms with Crippen LogP contribution in [-0.4, -0.2) is 26.8 Å². The first-order valence-electron chi connectivity index (χ1n) is 9.13. The van der Waals surface area contributed by atoms with Crippen LogP contribution in [0.5, 0.6) is 0 Å². The third-order valence-corrected chi connectivity index (χ3v) is 5.23. The number of nitrogens with one attached hydrogen (secondary N) is 1. The van der Waals surface area contributed by atoms with Crippen molar-refractivity contribution < 1.29 is 18.0 Å². The fraction of sp³-hybridized carbons (Fsp3) is 0.350. The van der Waals surface area contributed by atoms with E-state index in [0.29, 0.717) is 36.2 Å². The van der Waals surface area contributed by atoms with Gasteiger partial charge in [0.15, 0.2) is 0 Å². The van der Waals surface area contributed by atoms with E-state index in [1.807, 2.05) is 0 Å². The Labute approximate surface area is 160 Å². The van der Waals surface area contributed by atoms with Crippen LogP contribution >= 0.6 is 0 Å². The van der Waals surface area contributed by atoms with E-state index in [2.05, 4.69) is 15.4 Å². The van der Waals surface area contributed by atoms with Crippen LogP contribution in [-0.2, 0) is 17.8 Å². The Bertz CT molecular complexity index is 982. The van der Waals surface area contributed by atoms with Crippen molar-refractivity contribution in [3.05, 3.63) is 59.7 Å². The van der Waals surface area contributed by atoms with Gasteiger partial charge in [0.05, 0.1) is 6.20 Å². The number of carbonyl (C=O) groups excluding carboxylic acids is 1. The molecular weight excluding hydrogens is 369 g/mol. The summed E-state index contributed by atoms with van der Waals surface area (Å²) in [6.07, 6.45) is 4.98. The van der Waals surface area contributed by atoms with E-state index >= 15 is 0 Å². The molecule has 146 valence electrons. The highest BCUT2D eigenvalue weighted by Gasteiger charge is 2.31. The Kier molecular flexibility index (Phi) is 4.78. The Balaban J connectivity index is 1.56. The molecule has 4 rings (SSSR count). The molecule has 0 aromatic carbocycles. The lowest BCUT2D eigenvalue weighted by Crippen LogP contribution is -2.31. The molecule has 1 N–H and O–H groups in total. The largest absolute Gasteiger partial charge is 0.326 e. The van der Waals surface area contributed by atoms with E-state index in [1.54, 1.807) is 23.9 Å². The van der Waals surface area contributed by atoms with Gasteiger partial charge in [-0.3, -0.25) is 9.48 Å². The van der Waals surface area contributed by atoms with Crippen LogP contribution in [0.25, 0.3) is 5.57 Å². The van der Waals surface area contributed by atoms with Crippen molar-refractivity contribution in [3.63, 3.8) is 0 Å². The van der Waals surface area contributed by atoms with Gasteiger partial charge < -0.3 is 5.32 Å². The van der Waals surface area contributed by atoms with E-state index in [0.717, 1.165) is 17.8 Å². The molecule has 3 atom stereocenters. The second-order valence-electron chi connectivity index (χ2n) is 7.17. The third-order valence-electron chi connectivity index (χ3n) is 5.23. The number of rotatable bonds is 3. The van der Waals surface area contributed by atoms with E-state index in [4.69, 9.17) is 0 Å². The van der Waals surface area contributed by atoms with Crippen LogP contribution in [0.4, 0.5) is 18.9 Å². The van der Waals surface area contributed by atoms with E-state index in [9.17, 15) is 18.0 Å². The van der Waals surface area contributed by atoms with Crippen molar-refractivity contribution in [1.29, 1.82) is 0 Å². The zero-order valence-electron chi connectivity index (χ0n) is 15.2. The second kappa shape index (κ2) is 7.26. The van der Waals surface area contributed by atoms with Crippen molar-refractivity contribution in [3.8, 4) is 0 Å². The number of fused-ring (bicyclic) bond motifs is 1.